The van der Waals surface area contributed by atoms with Crippen molar-refractivity contribution >= 4 is 17.2 Å². The van der Waals surface area contributed by atoms with Gasteiger partial charge < -0.3 is 9.73 Å². The Labute approximate surface area is 149 Å². The van der Waals surface area contributed by atoms with E-state index >= 15 is 0 Å². The third-order valence-corrected chi connectivity index (χ3v) is 4.78. The maximum atomic E-state index is 12.2. The Bertz CT molecular complexity index is 912. The van der Waals surface area contributed by atoms with Gasteiger partial charge in [-0.3, -0.25) is 4.79 Å². The molecule has 130 valence electrons. The molecule has 0 bridgehead atoms. The summed E-state index contributed by atoms with van der Waals surface area (Å²) in [5.41, 5.74) is 2.21. The number of thiophene rings is 1. The van der Waals surface area contributed by atoms with E-state index in [1.807, 2.05) is 55.6 Å². The van der Waals surface area contributed by atoms with E-state index in [0.717, 1.165) is 16.0 Å². The van der Waals surface area contributed by atoms with Gasteiger partial charge in [-0.2, -0.15) is 4.68 Å². The third kappa shape index (κ3) is 4.06. The van der Waals surface area contributed by atoms with Crippen molar-refractivity contribution in [1.82, 2.24) is 15.1 Å². The number of rotatable bonds is 6. The van der Waals surface area contributed by atoms with E-state index in [9.17, 15) is 9.59 Å². The van der Waals surface area contributed by atoms with E-state index in [4.69, 9.17) is 4.42 Å². The summed E-state index contributed by atoms with van der Waals surface area (Å²) in [4.78, 5) is 24.8. The standard InChI is InChI=1S/C18H19N3O3S/c1-12-6-3-4-7-14(12)13(2)19-16(22)9-10-21-18(23)24-17(20-21)15-8-5-11-25-15/h3-8,11,13H,9-10H2,1-2H3,(H,19,22). The van der Waals surface area contributed by atoms with Crippen molar-refractivity contribution in [3.05, 3.63) is 63.5 Å². The number of aromatic nitrogens is 2. The number of nitrogens with one attached hydrogen (secondary N) is 1. The van der Waals surface area contributed by atoms with Crippen LogP contribution in [-0.4, -0.2) is 15.7 Å². The lowest BCUT2D eigenvalue weighted by Crippen LogP contribution is -2.29. The van der Waals surface area contributed by atoms with Gasteiger partial charge in [0.05, 0.1) is 17.5 Å². The first-order chi connectivity index (χ1) is 12.0. The molecular formula is C18H19N3O3S. The van der Waals surface area contributed by atoms with Crippen molar-refractivity contribution in [3.8, 4) is 10.8 Å². The zero-order valence-electron chi connectivity index (χ0n) is 14.1. The van der Waals surface area contributed by atoms with Crippen LogP contribution in [0, 0.1) is 6.92 Å². The Hall–Kier alpha value is -2.67. The van der Waals surface area contributed by atoms with Crippen LogP contribution in [-0.2, 0) is 11.3 Å². The van der Waals surface area contributed by atoms with Crippen molar-refractivity contribution in [2.45, 2.75) is 32.9 Å². The first-order valence-electron chi connectivity index (χ1n) is 8.01. The van der Waals surface area contributed by atoms with E-state index in [-0.39, 0.29) is 30.8 Å². The van der Waals surface area contributed by atoms with E-state index in [1.54, 1.807) is 0 Å². The number of benzene rings is 1. The minimum atomic E-state index is -0.553. The zero-order chi connectivity index (χ0) is 17.8. The molecule has 2 heterocycles. The molecule has 0 aliphatic carbocycles. The van der Waals surface area contributed by atoms with Crippen LogP contribution >= 0.6 is 11.3 Å². The predicted molar refractivity (Wildman–Crippen MR) is 96.4 cm³/mol. The van der Waals surface area contributed by atoms with Gasteiger partial charge in [0, 0.05) is 6.42 Å². The van der Waals surface area contributed by atoms with Crippen LogP contribution in [0.15, 0.2) is 51.0 Å². The van der Waals surface area contributed by atoms with E-state index in [1.165, 1.54) is 16.0 Å². The summed E-state index contributed by atoms with van der Waals surface area (Å²) in [6.45, 7) is 4.14. The molecule has 1 N–H and O–H groups in total. The highest BCUT2D eigenvalue weighted by Gasteiger charge is 2.14. The fraction of sp³-hybridized carbons (Fsp3) is 0.278. The van der Waals surface area contributed by atoms with Gasteiger partial charge in [-0.1, -0.05) is 30.3 Å². The largest absolute Gasteiger partial charge is 0.437 e. The van der Waals surface area contributed by atoms with E-state index in [2.05, 4.69) is 10.4 Å². The van der Waals surface area contributed by atoms with Gasteiger partial charge >= 0.3 is 5.76 Å². The van der Waals surface area contributed by atoms with Crippen molar-refractivity contribution in [2.24, 2.45) is 0 Å². The van der Waals surface area contributed by atoms with Crippen molar-refractivity contribution in [1.29, 1.82) is 0 Å². The van der Waals surface area contributed by atoms with Gasteiger partial charge in [0.15, 0.2) is 0 Å². The van der Waals surface area contributed by atoms with Crippen LogP contribution < -0.4 is 11.1 Å². The van der Waals surface area contributed by atoms with Crippen molar-refractivity contribution < 1.29 is 9.21 Å². The van der Waals surface area contributed by atoms with Gasteiger partial charge in [-0.15, -0.1) is 16.4 Å². The third-order valence-electron chi connectivity index (χ3n) is 3.92. The Morgan fingerprint density at radius 2 is 2.12 bits per heavy atom. The van der Waals surface area contributed by atoms with E-state index < -0.39 is 5.76 Å². The molecule has 1 atom stereocenters. The molecule has 1 aromatic carbocycles. The number of carbonyl (C=O) groups excluding carboxylic acids is 1. The Morgan fingerprint density at radius 1 is 1.32 bits per heavy atom. The van der Waals surface area contributed by atoms with Crippen molar-refractivity contribution in [3.63, 3.8) is 0 Å². The Balaban J connectivity index is 1.59. The van der Waals surface area contributed by atoms with Crippen LogP contribution in [0.3, 0.4) is 0 Å². The molecule has 6 nitrogen and oxygen atoms in total. The number of amides is 1. The van der Waals surface area contributed by atoms with Crippen LogP contribution in [0.2, 0.25) is 0 Å². The summed E-state index contributed by atoms with van der Waals surface area (Å²) in [6.07, 6.45) is 0.159. The lowest BCUT2D eigenvalue weighted by Gasteiger charge is -2.16. The average molecular weight is 357 g/mol. The SMILES string of the molecule is Cc1ccccc1C(C)NC(=O)CCn1nc(-c2cccs2)oc1=O. The Kier molecular flexibility index (Phi) is 5.14. The van der Waals surface area contributed by atoms with Crippen molar-refractivity contribution in [2.75, 3.05) is 0 Å². The molecule has 0 fully saturated rings. The maximum Gasteiger partial charge on any atom is 0.437 e. The summed E-state index contributed by atoms with van der Waals surface area (Å²) < 4.78 is 6.32. The summed E-state index contributed by atoms with van der Waals surface area (Å²) >= 11 is 1.44. The molecule has 0 saturated heterocycles. The average Bonchev–Trinajstić information content (AvgIpc) is 3.23. The predicted octanol–water partition coefficient (Wildman–Crippen LogP) is 3.14. The molecule has 7 heteroatoms. The minimum Gasteiger partial charge on any atom is -0.387 e. The molecule has 3 aromatic rings. The smallest absolute Gasteiger partial charge is 0.387 e. The second-order valence-electron chi connectivity index (χ2n) is 5.77. The fourth-order valence-electron chi connectivity index (χ4n) is 2.62. The number of aryl methyl sites for hydroxylation is 2. The summed E-state index contributed by atoms with van der Waals surface area (Å²) in [5.74, 6) is -0.403. The number of nitrogens with zero attached hydrogens (tertiary/aromatic N) is 2. The zero-order valence-corrected chi connectivity index (χ0v) is 14.9. The highest BCUT2D eigenvalue weighted by atomic mass is 32.1. The van der Waals surface area contributed by atoms with Gasteiger partial charge in [0.1, 0.15) is 0 Å². The second-order valence-corrected chi connectivity index (χ2v) is 6.72. The number of hydrogen-bond donors (Lipinski definition) is 1. The molecule has 0 spiro atoms. The molecule has 0 radical (unpaired) electrons. The first kappa shape index (κ1) is 17.2. The molecule has 0 aliphatic rings. The van der Waals surface area contributed by atoms with Gasteiger partial charge in [-0.05, 0) is 36.4 Å². The summed E-state index contributed by atoms with van der Waals surface area (Å²) in [5, 5.41) is 8.98. The van der Waals surface area contributed by atoms with E-state index in [0.29, 0.717) is 0 Å². The topological polar surface area (TPSA) is 77.1 Å². The Morgan fingerprint density at radius 3 is 2.84 bits per heavy atom. The molecule has 1 unspecified atom stereocenters. The molecular weight excluding hydrogens is 338 g/mol. The van der Waals surface area contributed by atoms with Crippen LogP contribution in [0.4, 0.5) is 0 Å². The minimum absolute atomic E-state index is 0.0931. The summed E-state index contributed by atoms with van der Waals surface area (Å²) in [7, 11) is 0. The first-order valence-corrected chi connectivity index (χ1v) is 8.89. The van der Waals surface area contributed by atoms with Crippen LogP contribution in [0.5, 0.6) is 0 Å². The quantitative estimate of drug-likeness (QED) is 0.735. The number of hydrogen-bond acceptors (Lipinski definition) is 5. The molecule has 25 heavy (non-hydrogen) atoms. The molecule has 2 aromatic heterocycles. The van der Waals surface area contributed by atoms with Crippen LogP contribution in [0.1, 0.15) is 30.5 Å². The molecule has 0 aliphatic heterocycles. The summed E-state index contributed by atoms with van der Waals surface area (Å²) in [6, 6.07) is 11.5. The van der Waals surface area contributed by atoms with Gasteiger partial charge in [0.25, 0.3) is 5.89 Å². The molecule has 0 saturated carbocycles. The maximum absolute atomic E-state index is 12.2. The monoisotopic (exact) mass is 357 g/mol. The highest BCUT2D eigenvalue weighted by molar-refractivity contribution is 7.13. The van der Waals surface area contributed by atoms with Gasteiger partial charge in [0.2, 0.25) is 5.91 Å². The second kappa shape index (κ2) is 7.48. The highest BCUT2D eigenvalue weighted by Crippen LogP contribution is 2.21. The lowest BCUT2D eigenvalue weighted by atomic mass is 10.0. The number of carbonyl (C=O) groups is 1. The fourth-order valence-corrected chi connectivity index (χ4v) is 3.26. The van der Waals surface area contributed by atoms with Crippen LogP contribution in [0.25, 0.3) is 10.8 Å². The van der Waals surface area contributed by atoms with Gasteiger partial charge in [-0.25, -0.2) is 4.79 Å². The molecule has 3 rings (SSSR count). The lowest BCUT2D eigenvalue weighted by molar-refractivity contribution is -0.122. The normalized spacial score (nSPS) is 12.1. The molecule has 1 amide bonds.